The van der Waals surface area contributed by atoms with Crippen LogP contribution in [-0.4, -0.2) is 40.8 Å². The second-order valence-electron chi connectivity index (χ2n) is 5.41. The topological polar surface area (TPSA) is 75.4 Å². The number of carbonyl (C=O) groups is 2. The summed E-state index contributed by atoms with van der Waals surface area (Å²) in [6.07, 6.45) is 5.84. The van der Waals surface area contributed by atoms with Crippen molar-refractivity contribution in [3.05, 3.63) is 53.2 Å². The lowest BCUT2D eigenvalue weighted by molar-refractivity contribution is 0.0697. The molecule has 0 saturated carbocycles. The molecule has 0 bridgehead atoms. The van der Waals surface area contributed by atoms with Crippen molar-refractivity contribution in [1.29, 1.82) is 0 Å². The van der Waals surface area contributed by atoms with Gasteiger partial charge in [0.05, 0.1) is 11.8 Å². The molecule has 1 fully saturated rings. The normalized spacial score (nSPS) is 15.4. The van der Waals surface area contributed by atoms with E-state index in [-0.39, 0.29) is 17.9 Å². The average molecular weight is 334 g/mol. The van der Waals surface area contributed by atoms with Gasteiger partial charge in [-0.25, -0.2) is 0 Å². The number of pyridine rings is 1. The lowest BCUT2D eigenvalue weighted by Crippen LogP contribution is -2.46. The van der Waals surface area contributed by atoms with Gasteiger partial charge in [0.2, 0.25) is 0 Å². The van der Waals surface area contributed by atoms with E-state index in [9.17, 15) is 9.59 Å². The van der Waals surface area contributed by atoms with Crippen molar-refractivity contribution in [2.24, 2.45) is 0 Å². The zero-order valence-corrected chi connectivity index (χ0v) is 13.1. The molecule has 3 rings (SSSR count). The van der Waals surface area contributed by atoms with Crippen LogP contribution in [0.2, 0.25) is 5.02 Å². The Kier molecular flexibility index (Phi) is 4.62. The number of nitrogens with one attached hydrogen (secondary N) is 1. The molecule has 120 valence electrons. The Morgan fingerprint density at radius 3 is 2.74 bits per heavy atom. The van der Waals surface area contributed by atoms with Crippen LogP contribution >= 0.6 is 11.6 Å². The Morgan fingerprint density at radius 1 is 1.30 bits per heavy atom. The molecule has 2 aromatic rings. The van der Waals surface area contributed by atoms with Crippen LogP contribution in [0.5, 0.6) is 0 Å². The van der Waals surface area contributed by atoms with Crippen molar-refractivity contribution in [2.75, 3.05) is 13.1 Å². The van der Waals surface area contributed by atoms with Crippen LogP contribution in [0.25, 0.3) is 0 Å². The van der Waals surface area contributed by atoms with E-state index in [1.165, 1.54) is 24.8 Å². The number of likely N-dealkylation sites (tertiary alicyclic amines) is 1. The Morgan fingerprint density at radius 2 is 2.09 bits per heavy atom. The lowest BCUT2D eigenvalue weighted by atomic mass is 10.0. The average Bonchev–Trinajstić information content (AvgIpc) is 3.09. The number of amides is 2. The van der Waals surface area contributed by atoms with Crippen molar-refractivity contribution in [3.63, 3.8) is 0 Å². The highest BCUT2D eigenvalue weighted by molar-refractivity contribution is 6.30. The van der Waals surface area contributed by atoms with Gasteiger partial charge in [0.15, 0.2) is 0 Å². The summed E-state index contributed by atoms with van der Waals surface area (Å²) in [6, 6.07) is 4.84. The van der Waals surface area contributed by atoms with Crippen LogP contribution in [0.1, 0.15) is 33.7 Å². The van der Waals surface area contributed by atoms with Gasteiger partial charge in [0.25, 0.3) is 11.8 Å². The predicted molar refractivity (Wildman–Crippen MR) is 84.3 cm³/mol. The number of hydrogen-bond donors (Lipinski definition) is 1. The summed E-state index contributed by atoms with van der Waals surface area (Å²) in [5.74, 6) is -0.285. The summed E-state index contributed by atoms with van der Waals surface area (Å²) in [7, 11) is 0. The zero-order valence-electron chi connectivity index (χ0n) is 12.4. The maximum atomic E-state index is 12.2. The van der Waals surface area contributed by atoms with E-state index < -0.39 is 0 Å². The fraction of sp³-hybridized carbons (Fsp3) is 0.312. The molecular formula is C16H16ClN3O3. The van der Waals surface area contributed by atoms with Crippen LogP contribution in [0, 0.1) is 0 Å². The van der Waals surface area contributed by atoms with Gasteiger partial charge >= 0.3 is 0 Å². The van der Waals surface area contributed by atoms with E-state index >= 15 is 0 Å². The van der Waals surface area contributed by atoms with Gasteiger partial charge in [0, 0.05) is 30.4 Å². The van der Waals surface area contributed by atoms with Gasteiger partial charge < -0.3 is 14.6 Å². The first-order valence-electron chi connectivity index (χ1n) is 7.37. The van der Waals surface area contributed by atoms with E-state index in [0.29, 0.717) is 42.2 Å². The standard InChI is InChI=1S/C16H16ClN3O3/c17-12-1-5-18-14(9-12)15(21)19-13-2-6-20(7-3-13)16(22)11-4-8-23-10-11/h1,4-5,8-10,13H,2-3,6-7H2,(H,19,21). The van der Waals surface area contributed by atoms with Gasteiger partial charge in [0.1, 0.15) is 12.0 Å². The van der Waals surface area contributed by atoms with Gasteiger partial charge in [-0.15, -0.1) is 0 Å². The highest BCUT2D eigenvalue weighted by Crippen LogP contribution is 2.15. The third-order valence-corrected chi connectivity index (χ3v) is 4.08. The SMILES string of the molecule is O=C(NC1CCN(C(=O)c2ccoc2)CC1)c1cc(Cl)ccn1. The highest BCUT2D eigenvalue weighted by atomic mass is 35.5. The molecule has 0 spiro atoms. The monoisotopic (exact) mass is 333 g/mol. The molecule has 2 aromatic heterocycles. The summed E-state index contributed by atoms with van der Waals surface area (Å²) < 4.78 is 4.94. The summed E-state index contributed by atoms with van der Waals surface area (Å²) in [5, 5.41) is 3.42. The molecule has 1 saturated heterocycles. The second kappa shape index (κ2) is 6.83. The summed E-state index contributed by atoms with van der Waals surface area (Å²) in [6.45, 7) is 1.19. The van der Waals surface area contributed by atoms with Crippen LogP contribution in [-0.2, 0) is 0 Å². The number of rotatable bonds is 3. The Hall–Kier alpha value is -2.34. The van der Waals surface area contributed by atoms with Gasteiger partial charge in [-0.05, 0) is 31.0 Å². The highest BCUT2D eigenvalue weighted by Gasteiger charge is 2.25. The number of aromatic nitrogens is 1. The Balaban J connectivity index is 1.53. The van der Waals surface area contributed by atoms with Crippen LogP contribution < -0.4 is 5.32 Å². The van der Waals surface area contributed by atoms with Crippen LogP contribution in [0.4, 0.5) is 0 Å². The smallest absolute Gasteiger partial charge is 0.270 e. The summed E-state index contributed by atoms with van der Waals surface area (Å²) in [4.78, 5) is 30.1. The summed E-state index contributed by atoms with van der Waals surface area (Å²) in [5.41, 5.74) is 0.852. The quantitative estimate of drug-likeness (QED) is 0.935. The molecule has 2 amide bonds. The van der Waals surface area contributed by atoms with Crippen molar-refractivity contribution in [2.45, 2.75) is 18.9 Å². The van der Waals surface area contributed by atoms with E-state index in [1.54, 1.807) is 17.0 Å². The molecule has 0 radical (unpaired) electrons. The number of nitrogens with zero attached hydrogens (tertiary/aromatic N) is 2. The number of hydrogen-bond acceptors (Lipinski definition) is 4. The number of carbonyl (C=O) groups excluding carboxylic acids is 2. The fourth-order valence-electron chi connectivity index (χ4n) is 2.58. The molecule has 0 atom stereocenters. The largest absolute Gasteiger partial charge is 0.472 e. The number of furan rings is 1. The first-order valence-corrected chi connectivity index (χ1v) is 7.75. The second-order valence-corrected chi connectivity index (χ2v) is 5.85. The molecule has 1 aliphatic heterocycles. The maximum Gasteiger partial charge on any atom is 0.270 e. The molecule has 0 aliphatic carbocycles. The van der Waals surface area contributed by atoms with E-state index in [2.05, 4.69) is 10.3 Å². The number of piperidine rings is 1. The van der Waals surface area contributed by atoms with Gasteiger partial charge in [-0.3, -0.25) is 14.6 Å². The minimum Gasteiger partial charge on any atom is -0.472 e. The molecular weight excluding hydrogens is 318 g/mol. The first kappa shape index (κ1) is 15.6. The van der Waals surface area contributed by atoms with Gasteiger partial charge in [-0.2, -0.15) is 0 Å². The van der Waals surface area contributed by atoms with Crippen LogP contribution in [0.15, 0.2) is 41.3 Å². The van der Waals surface area contributed by atoms with Gasteiger partial charge in [-0.1, -0.05) is 11.6 Å². The number of halogens is 1. The van der Waals surface area contributed by atoms with Crippen molar-refractivity contribution >= 4 is 23.4 Å². The molecule has 23 heavy (non-hydrogen) atoms. The van der Waals surface area contributed by atoms with Crippen molar-refractivity contribution in [3.8, 4) is 0 Å². The molecule has 1 aliphatic rings. The summed E-state index contributed by atoms with van der Waals surface area (Å²) >= 11 is 5.86. The minimum atomic E-state index is -0.243. The van der Waals surface area contributed by atoms with E-state index in [4.69, 9.17) is 16.0 Å². The van der Waals surface area contributed by atoms with Crippen LogP contribution in [0.3, 0.4) is 0 Å². The molecule has 3 heterocycles. The molecule has 1 N–H and O–H groups in total. The molecule has 7 heteroatoms. The van der Waals surface area contributed by atoms with E-state index in [0.717, 1.165) is 0 Å². The van der Waals surface area contributed by atoms with Crippen molar-refractivity contribution in [1.82, 2.24) is 15.2 Å². The molecule has 6 nitrogen and oxygen atoms in total. The third kappa shape index (κ3) is 3.71. The van der Waals surface area contributed by atoms with Crippen molar-refractivity contribution < 1.29 is 14.0 Å². The minimum absolute atomic E-state index is 0.0247. The van der Waals surface area contributed by atoms with E-state index in [1.807, 2.05) is 0 Å². The fourth-order valence-corrected chi connectivity index (χ4v) is 2.74. The first-order chi connectivity index (χ1) is 11.1. The zero-order chi connectivity index (χ0) is 16.2. The maximum absolute atomic E-state index is 12.2. The third-order valence-electron chi connectivity index (χ3n) is 3.84. The predicted octanol–water partition coefficient (Wildman–Crippen LogP) is 2.36. The Labute approximate surface area is 138 Å². The Bertz CT molecular complexity index is 694. The molecule has 0 aromatic carbocycles. The molecule has 0 unspecified atom stereocenters. The lowest BCUT2D eigenvalue weighted by Gasteiger charge is -2.32.